The Bertz CT molecular complexity index is 342. The summed E-state index contributed by atoms with van der Waals surface area (Å²) in [5.41, 5.74) is 0. The summed E-state index contributed by atoms with van der Waals surface area (Å²) < 4.78 is 21.2. The van der Waals surface area contributed by atoms with Gasteiger partial charge in [0.2, 0.25) is 5.91 Å². The van der Waals surface area contributed by atoms with Gasteiger partial charge < -0.3 is 29.6 Å². The normalized spacial score (nSPS) is 10.5. The molecule has 0 aliphatic rings. The largest absolute Gasteiger partial charge is 0.450 e. The Kier molecular flexibility index (Phi) is 18.9. The summed E-state index contributed by atoms with van der Waals surface area (Å²) in [5, 5.41) is 5.47. The van der Waals surface area contributed by atoms with E-state index in [-0.39, 0.29) is 12.0 Å². The van der Waals surface area contributed by atoms with Crippen molar-refractivity contribution < 1.29 is 28.5 Å². The lowest BCUT2D eigenvalue weighted by atomic mass is 10.4. The molecule has 0 saturated heterocycles. The van der Waals surface area contributed by atoms with Crippen LogP contribution >= 0.6 is 0 Å². The quantitative estimate of drug-likeness (QED) is 0.355. The number of hydrogen-bond acceptors (Lipinski definition) is 6. The molecule has 2 amide bonds. The molecule has 8 heteroatoms. The number of carbonyl (C=O) groups is 2. The summed E-state index contributed by atoms with van der Waals surface area (Å²) in [6.45, 7) is 8.80. The van der Waals surface area contributed by atoms with Gasteiger partial charge in [-0.15, -0.1) is 0 Å². The van der Waals surface area contributed by atoms with Gasteiger partial charge in [-0.25, -0.2) is 4.79 Å². The van der Waals surface area contributed by atoms with Gasteiger partial charge in [0.1, 0.15) is 0 Å². The Morgan fingerprint density at radius 2 is 1.23 bits per heavy atom. The highest BCUT2D eigenvalue weighted by Crippen LogP contribution is 1.89. The van der Waals surface area contributed by atoms with Crippen LogP contribution in [0, 0.1) is 0 Å². The third-order valence-electron chi connectivity index (χ3n) is 3.32. The van der Waals surface area contributed by atoms with Crippen LogP contribution in [0.3, 0.4) is 0 Å². The van der Waals surface area contributed by atoms with Crippen molar-refractivity contribution in [2.24, 2.45) is 0 Å². The van der Waals surface area contributed by atoms with Crippen molar-refractivity contribution in [3.05, 3.63) is 0 Å². The molecule has 0 spiro atoms. The fourth-order valence-corrected chi connectivity index (χ4v) is 1.79. The van der Waals surface area contributed by atoms with Gasteiger partial charge in [-0.2, -0.15) is 0 Å². The first-order chi connectivity index (χ1) is 12.7. The smallest absolute Gasteiger partial charge is 0.407 e. The van der Waals surface area contributed by atoms with E-state index in [4.69, 9.17) is 18.9 Å². The molecule has 0 aliphatic heterocycles. The van der Waals surface area contributed by atoms with Crippen molar-refractivity contribution in [2.75, 3.05) is 59.3 Å². The van der Waals surface area contributed by atoms with E-state index < -0.39 is 0 Å². The molecule has 0 saturated carbocycles. The molecule has 26 heavy (non-hydrogen) atoms. The third kappa shape index (κ3) is 19.0. The minimum Gasteiger partial charge on any atom is -0.450 e. The maximum atomic E-state index is 11.3. The van der Waals surface area contributed by atoms with Gasteiger partial charge in [0.25, 0.3) is 0 Å². The van der Waals surface area contributed by atoms with E-state index in [0.717, 1.165) is 25.7 Å². The predicted molar refractivity (Wildman–Crippen MR) is 99.3 cm³/mol. The molecule has 0 aromatic rings. The standard InChI is InChI=1S/C18H36N2O6/c1-3-5-12-26-18(22)20-9-7-11-24-14-16-25-15-13-23-10-6-8-19-17(21)4-2/h3-16H2,1-2H3,(H,19,21)(H,20,22). The van der Waals surface area contributed by atoms with Crippen LogP contribution in [0.4, 0.5) is 4.79 Å². The highest BCUT2D eigenvalue weighted by molar-refractivity contribution is 5.75. The van der Waals surface area contributed by atoms with Gasteiger partial charge in [0, 0.05) is 32.7 Å². The molecule has 0 radical (unpaired) electrons. The van der Waals surface area contributed by atoms with Crippen LogP contribution in [0.5, 0.6) is 0 Å². The highest BCUT2D eigenvalue weighted by atomic mass is 16.6. The Hall–Kier alpha value is -1.38. The van der Waals surface area contributed by atoms with Crippen LogP contribution in [0.25, 0.3) is 0 Å². The molecule has 0 aliphatic carbocycles. The van der Waals surface area contributed by atoms with E-state index in [1.165, 1.54) is 0 Å². The van der Waals surface area contributed by atoms with Crippen LogP contribution in [-0.4, -0.2) is 71.3 Å². The minimum absolute atomic E-state index is 0.0658. The summed E-state index contributed by atoms with van der Waals surface area (Å²) in [6.07, 6.45) is 3.58. The molecular formula is C18H36N2O6. The molecule has 0 heterocycles. The Morgan fingerprint density at radius 1 is 0.692 bits per heavy atom. The highest BCUT2D eigenvalue weighted by Gasteiger charge is 2.00. The zero-order valence-corrected chi connectivity index (χ0v) is 16.3. The number of rotatable bonds is 18. The number of nitrogens with one attached hydrogen (secondary N) is 2. The lowest BCUT2D eigenvalue weighted by Crippen LogP contribution is -2.26. The number of unbranched alkanes of at least 4 members (excludes halogenated alkanes) is 1. The Morgan fingerprint density at radius 3 is 1.77 bits per heavy atom. The zero-order chi connectivity index (χ0) is 19.3. The number of amides is 2. The Labute approximate surface area is 157 Å². The van der Waals surface area contributed by atoms with Crippen LogP contribution in [-0.2, 0) is 23.7 Å². The minimum atomic E-state index is -0.366. The molecule has 0 bridgehead atoms. The van der Waals surface area contributed by atoms with E-state index in [1.54, 1.807) is 0 Å². The van der Waals surface area contributed by atoms with Crippen LogP contribution < -0.4 is 10.6 Å². The van der Waals surface area contributed by atoms with Crippen molar-refractivity contribution in [2.45, 2.75) is 46.0 Å². The summed E-state index contributed by atoms with van der Waals surface area (Å²) in [5.74, 6) is 0.0658. The average molecular weight is 376 g/mol. The molecule has 0 unspecified atom stereocenters. The van der Waals surface area contributed by atoms with Crippen molar-refractivity contribution in [1.29, 1.82) is 0 Å². The molecule has 0 aromatic heterocycles. The number of alkyl carbamates (subject to hydrolysis) is 1. The SMILES string of the molecule is CCCCOC(=O)NCCCOCCOCCOCCCNC(=O)CC. The first kappa shape index (κ1) is 24.6. The second-order valence-electron chi connectivity index (χ2n) is 5.66. The molecule has 0 rings (SSSR count). The van der Waals surface area contributed by atoms with Crippen LogP contribution in [0.2, 0.25) is 0 Å². The first-order valence-corrected chi connectivity index (χ1v) is 9.61. The second kappa shape index (κ2) is 19.9. The average Bonchev–Trinajstić information content (AvgIpc) is 2.64. The van der Waals surface area contributed by atoms with E-state index in [2.05, 4.69) is 10.6 Å². The summed E-state index contributed by atoms with van der Waals surface area (Å²) in [7, 11) is 0. The predicted octanol–water partition coefficient (Wildman–Crippen LogP) is 1.87. The van der Waals surface area contributed by atoms with Crippen molar-refractivity contribution in [3.63, 3.8) is 0 Å². The number of hydrogen-bond donors (Lipinski definition) is 2. The third-order valence-corrected chi connectivity index (χ3v) is 3.32. The number of carbonyl (C=O) groups excluding carboxylic acids is 2. The summed E-state index contributed by atoms with van der Waals surface area (Å²) >= 11 is 0. The van der Waals surface area contributed by atoms with E-state index in [1.807, 2.05) is 13.8 Å². The van der Waals surface area contributed by atoms with Crippen LogP contribution in [0.1, 0.15) is 46.0 Å². The van der Waals surface area contributed by atoms with E-state index in [9.17, 15) is 9.59 Å². The topological polar surface area (TPSA) is 95.1 Å². The van der Waals surface area contributed by atoms with Gasteiger partial charge in [0.15, 0.2) is 0 Å². The van der Waals surface area contributed by atoms with Gasteiger partial charge >= 0.3 is 6.09 Å². The van der Waals surface area contributed by atoms with E-state index in [0.29, 0.717) is 65.8 Å². The first-order valence-electron chi connectivity index (χ1n) is 9.61. The summed E-state index contributed by atoms with van der Waals surface area (Å²) in [6, 6.07) is 0. The summed E-state index contributed by atoms with van der Waals surface area (Å²) in [4.78, 5) is 22.3. The van der Waals surface area contributed by atoms with E-state index >= 15 is 0 Å². The molecule has 2 N–H and O–H groups in total. The van der Waals surface area contributed by atoms with Gasteiger partial charge in [-0.3, -0.25) is 4.79 Å². The Balaban J connectivity index is 3.11. The van der Waals surface area contributed by atoms with Crippen molar-refractivity contribution >= 4 is 12.0 Å². The maximum absolute atomic E-state index is 11.3. The second-order valence-corrected chi connectivity index (χ2v) is 5.66. The zero-order valence-electron chi connectivity index (χ0n) is 16.3. The fraction of sp³-hybridized carbons (Fsp3) is 0.889. The lowest BCUT2D eigenvalue weighted by molar-refractivity contribution is -0.120. The van der Waals surface area contributed by atoms with Gasteiger partial charge in [-0.1, -0.05) is 20.3 Å². The van der Waals surface area contributed by atoms with Gasteiger partial charge in [0.05, 0.1) is 33.0 Å². The molecule has 0 aromatic carbocycles. The van der Waals surface area contributed by atoms with Crippen molar-refractivity contribution in [3.8, 4) is 0 Å². The molecule has 0 atom stereocenters. The number of ether oxygens (including phenoxy) is 4. The van der Waals surface area contributed by atoms with Gasteiger partial charge in [-0.05, 0) is 19.3 Å². The monoisotopic (exact) mass is 376 g/mol. The maximum Gasteiger partial charge on any atom is 0.407 e. The lowest BCUT2D eigenvalue weighted by Gasteiger charge is -2.08. The van der Waals surface area contributed by atoms with Crippen molar-refractivity contribution in [1.82, 2.24) is 10.6 Å². The molecule has 0 fully saturated rings. The van der Waals surface area contributed by atoms with Crippen LogP contribution in [0.15, 0.2) is 0 Å². The molecule has 8 nitrogen and oxygen atoms in total. The molecular weight excluding hydrogens is 340 g/mol. The molecule has 154 valence electrons. The fourth-order valence-electron chi connectivity index (χ4n) is 1.79.